The van der Waals surface area contributed by atoms with Gasteiger partial charge in [-0.2, -0.15) is 0 Å². The highest BCUT2D eigenvalue weighted by Crippen LogP contribution is 2.31. The predicted octanol–water partition coefficient (Wildman–Crippen LogP) is 2.68. The van der Waals surface area contributed by atoms with Crippen molar-refractivity contribution in [3.8, 4) is 11.5 Å². The van der Waals surface area contributed by atoms with E-state index in [1.165, 1.54) is 0 Å². The number of fused-ring (bicyclic) bond motifs is 2. The molecule has 23 heavy (non-hydrogen) atoms. The van der Waals surface area contributed by atoms with Gasteiger partial charge in [-0.1, -0.05) is 18.2 Å². The summed E-state index contributed by atoms with van der Waals surface area (Å²) >= 11 is 0. The highest BCUT2D eigenvalue weighted by molar-refractivity contribution is 6.14. The molecule has 114 valence electrons. The van der Waals surface area contributed by atoms with Crippen LogP contribution >= 0.6 is 0 Å². The first kappa shape index (κ1) is 13.6. The maximum Gasteiger partial charge on any atom is 0.262 e. The molecular formula is C18H13NO4. The van der Waals surface area contributed by atoms with Gasteiger partial charge in [0.15, 0.2) is 12.4 Å². The number of Topliss-reactive ketones (excluding diaryl/α,β-unsaturated/α-hetero) is 1. The summed E-state index contributed by atoms with van der Waals surface area (Å²) in [5.41, 5.74) is 2.56. The fourth-order valence-electron chi connectivity index (χ4n) is 2.67. The summed E-state index contributed by atoms with van der Waals surface area (Å²) < 4.78 is 10.9. The molecule has 5 heteroatoms. The van der Waals surface area contributed by atoms with E-state index in [1.54, 1.807) is 30.3 Å². The Morgan fingerprint density at radius 1 is 0.957 bits per heavy atom. The normalized spacial score (nSPS) is 17.7. The summed E-state index contributed by atoms with van der Waals surface area (Å²) in [6.45, 7) is 0.256. The standard InChI is InChI=1S/C18H13NO4/c20-17-10-23-16-6-5-11(8-14(16)19-17)7-12-9-22-15-4-2-1-3-13(15)18(12)21/h1-8H,9-10H2,(H,19,20). The van der Waals surface area contributed by atoms with Crippen LogP contribution in [0.2, 0.25) is 0 Å². The second kappa shape index (κ2) is 5.28. The number of nitrogens with one attached hydrogen (secondary N) is 1. The van der Waals surface area contributed by atoms with Crippen LogP contribution in [0.3, 0.4) is 0 Å². The number of carbonyl (C=O) groups is 2. The van der Waals surface area contributed by atoms with Crippen LogP contribution in [0.25, 0.3) is 6.08 Å². The molecule has 0 aromatic heterocycles. The maximum absolute atomic E-state index is 12.5. The molecular weight excluding hydrogens is 294 g/mol. The van der Waals surface area contributed by atoms with Crippen molar-refractivity contribution in [1.82, 2.24) is 0 Å². The van der Waals surface area contributed by atoms with E-state index in [4.69, 9.17) is 9.47 Å². The third-order valence-electron chi connectivity index (χ3n) is 3.78. The van der Waals surface area contributed by atoms with Crippen molar-refractivity contribution in [2.24, 2.45) is 0 Å². The van der Waals surface area contributed by atoms with Gasteiger partial charge >= 0.3 is 0 Å². The van der Waals surface area contributed by atoms with E-state index in [1.807, 2.05) is 18.2 Å². The van der Waals surface area contributed by atoms with Gasteiger partial charge in [-0.15, -0.1) is 0 Å². The third kappa shape index (κ3) is 2.46. The van der Waals surface area contributed by atoms with Gasteiger partial charge in [-0.3, -0.25) is 9.59 Å². The Morgan fingerprint density at radius 2 is 1.78 bits per heavy atom. The summed E-state index contributed by atoms with van der Waals surface area (Å²) in [6, 6.07) is 12.6. The Kier molecular flexibility index (Phi) is 3.12. The molecule has 2 aliphatic rings. The molecule has 0 aliphatic carbocycles. The van der Waals surface area contributed by atoms with Crippen molar-refractivity contribution >= 4 is 23.5 Å². The van der Waals surface area contributed by atoms with Crippen LogP contribution in [0, 0.1) is 0 Å². The zero-order valence-electron chi connectivity index (χ0n) is 12.2. The fourth-order valence-corrected chi connectivity index (χ4v) is 2.67. The molecule has 0 fully saturated rings. The number of hydrogen-bond donors (Lipinski definition) is 1. The molecule has 5 nitrogen and oxygen atoms in total. The topological polar surface area (TPSA) is 64.6 Å². The number of amides is 1. The Hall–Kier alpha value is -3.08. The molecule has 2 aromatic rings. The quantitative estimate of drug-likeness (QED) is 0.823. The van der Waals surface area contributed by atoms with Gasteiger partial charge in [-0.25, -0.2) is 0 Å². The average molecular weight is 307 g/mol. The minimum absolute atomic E-state index is 0.0244. The number of hydrogen-bond acceptors (Lipinski definition) is 4. The summed E-state index contributed by atoms with van der Waals surface area (Å²) in [5, 5.41) is 2.75. The van der Waals surface area contributed by atoms with Crippen molar-refractivity contribution in [1.29, 1.82) is 0 Å². The maximum atomic E-state index is 12.5. The van der Waals surface area contributed by atoms with Gasteiger partial charge in [-0.05, 0) is 35.9 Å². The van der Waals surface area contributed by atoms with E-state index < -0.39 is 0 Å². The first-order valence-electron chi connectivity index (χ1n) is 7.24. The molecule has 1 amide bonds. The number of para-hydroxylation sites is 1. The summed E-state index contributed by atoms with van der Waals surface area (Å²) in [7, 11) is 0. The monoisotopic (exact) mass is 307 g/mol. The van der Waals surface area contributed by atoms with Gasteiger partial charge in [0.2, 0.25) is 0 Å². The highest BCUT2D eigenvalue weighted by atomic mass is 16.5. The van der Waals surface area contributed by atoms with Crippen LogP contribution in [0.15, 0.2) is 48.0 Å². The van der Waals surface area contributed by atoms with Crippen LogP contribution in [0.4, 0.5) is 5.69 Å². The number of anilines is 1. The van der Waals surface area contributed by atoms with E-state index >= 15 is 0 Å². The molecule has 2 heterocycles. The second-order valence-electron chi connectivity index (χ2n) is 5.38. The molecule has 0 saturated carbocycles. The number of carbonyl (C=O) groups excluding carboxylic acids is 2. The van der Waals surface area contributed by atoms with E-state index in [0.717, 1.165) is 5.56 Å². The van der Waals surface area contributed by atoms with Crippen molar-refractivity contribution in [2.45, 2.75) is 0 Å². The van der Waals surface area contributed by atoms with Crippen molar-refractivity contribution in [2.75, 3.05) is 18.5 Å². The lowest BCUT2D eigenvalue weighted by molar-refractivity contribution is -0.118. The largest absolute Gasteiger partial charge is 0.488 e. The van der Waals surface area contributed by atoms with Gasteiger partial charge < -0.3 is 14.8 Å². The lowest BCUT2D eigenvalue weighted by atomic mass is 9.98. The third-order valence-corrected chi connectivity index (χ3v) is 3.78. The van der Waals surface area contributed by atoms with Gasteiger partial charge in [0, 0.05) is 5.57 Å². The Bertz CT molecular complexity index is 854. The summed E-state index contributed by atoms with van der Waals surface area (Å²) in [6.07, 6.45) is 1.78. The first-order chi connectivity index (χ1) is 11.2. The Morgan fingerprint density at radius 3 is 2.70 bits per heavy atom. The first-order valence-corrected chi connectivity index (χ1v) is 7.24. The van der Waals surface area contributed by atoms with E-state index in [2.05, 4.69) is 5.32 Å². The highest BCUT2D eigenvalue weighted by Gasteiger charge is 2.23. The minimum Gasteiger partial charge on any atom is -0.488 e. The lowest BCUT2D eigenvalue weighted by Gasteiger charge is -2.20. The van der Waals surface area contributed by atoms with Crippen LogP contribution in [-0.2, 0) is 4.79 Å². The van der Waals surface area contributed by atoms with E-state index in [-0.39, 0.29) is 24.9 Å². The number of ketones is 1. The fraction of sp³-hybridized carbons (Fsp3) is 0.111. The average Bonchev–Trinajstić information content (AvgIpc) is 2.57. The van der Waals surface area contributed by atoms with Gasteiger partial charge in [0.25, 0.3) is 5.91 Å². The van der Waals surface area contributed by atoms with Gasteiger partial charge in [0.1, 0.15) is 18.1 Å². The van der Waals surface area contributed by atoms with Crippen LogP contribution < -0.4 is 14.8 Å². The van der Waals surface area contributed by atoms with Crippen LogP contribution in [0.5, 0.6) is 11.5 Å². The number of benzene rings is 2. The molecule has 0 saturated heterocycles. The van der Waals surface area contributed by atoms with Gasteiger partial charge in [0.05, 0.1) is 11.3 Å². The SMILES string of the molecule is O=C1COc2ccc(C=C3COc4ccccc4C3=O)cc2N1. The number of ether oxygens (including phenoxy) is 2. The summed E-state index contributed by atoms with van der Waals surface area (Å²) in [5.74, 6) is 1.02. The Labute approximate surface area is 132 Å². The van der Waals surface area contributed by atoms with Crippen molar-refractivity contribution in [3.05, 3.63) is 59.2 Å². The molecule has 2 aliphatic heterocycles. The molecule has 0 atom stereocenters. The van der Waals surface area contributed by atoms with Crippen LogP contribution in [-0.4, -0.2) is 24.9 Å². The molecule has 0 unspecified atom stereocenters. The lowest BCUT2D eigenvalue weighted by Crippen LogP contribution is -2.25. The van der Waals surface area contributed by atoms with Crippen molar-refractivity contribution < 1.29 is 19.1 Å². The summed E-state index contributed by atoms with van der Waals surface area (Å²) in [4.78, 5) is 23.9. The predicted molar refractivity (Wildman–Crippen MR) is 84.8 cm³/mol. The Balaban J connectivity index is 1.68. The molecule has 0 radical (unpaired) electrons. The molecule has 0 bridgehead atoms. The van der Waals surface area contributed by atoms with Crippen molar-refractivity contribution in [3.63, 3.8) is 0 Å². The smallest absolute Gasteiger partial charge is 0.262 e. The zero-order valence-corrected chi connectivity index (χ0v) is 12.2. The molecule has 1 N–H and O–H groups in total. The molecule has 0 spiro atoms. The molecule has 2 aromatic carbocycles. The van der Waals surface area contributed by atoms with E-state index in [0.29, 0.717) is 28.3 Å². The minimum atomic E-state index is -0.187. The van der Waals surface area contributed by atoms with E-state index in [9.17, 15) is 9.59 Å². The zero-order chi connectivity index (χ0) is 15.8. The second-order valence-corrected chi connectivity index (χ2v) is 5.38. The van der Waals surface area contributed by atoms with Crippen LogP contribution in [0.1, 0.15) is 15.9 Å². The molecule has 4 rings (SSSR count). The number of rotatable bonds is 1.